The summed E-state index contributed by atoms with van der Waals surface area (Å²) in [6.07, 6.45) is 0.993. The molecule has 7 heteroatoms. The van der Waals surface area contributed by atoms with Crippen LogP contribution in [-0.2, 0) is 23.0 Å². The summed E-state index contributed by atoms with van der Waals surface area (Å²) >= 11 is 1.70. The zero-order valence-corrected chi connectivity index (χ0v) is 12.7. The van der Waals surface area contributed by atoms with E-state index in [2.05, 4.69) is 23.7 Å². The normalized spacial score (nSPS) is 11.5. The van der Waals surface area contributed by atoms with Crippen LogP contribution in [0, 0.1) is 0 Å². The molecule has 108 valence electrons. The highest BCUT2D eigenvalue weighted by Crippen LogP contribution is 2.23. The molecule has 2 aromatic rings. The standard InChI is InChI=1S/C13H17N3O2S2/c1-2-9-5-6-19-12(9)8-16-10-3-4-13(11(14)7-10)20(15,17)18/h3-7,16H,2,8,14H2,1H3,(H2,15,17,18). The Morgan fingerprint density at radius 3 is 2.65 bits per heavy atom. The van der Waals surface area contributed by atoms with E-state index in [1.807, 2.05) is 0 Å². The number of aryl methyl sites for hydroxylation is 1. The molecule has 0 bridgehead atoms. The van der Waals surface area contributed by atoms with Crippen LogP contribution < -0.4 is 16.2 Å². The Labute approximate surface area is 122 Å². The predicted molar refractivity (Wildman–Crippen MR) is 83.3 cm³/mol. The second kappa shape index (κ2) is 5.82. The average Bonchev–Trinajstić information content (AvgIpc) is 2.82. The fourth-order valence-electron chi connectivity index (χ4n) is 1.94. The highest BCUT2D eigenvalue weighted by molar-refractivity contribution is 7.89. The molecule has 1 heterocycles. The largest absolute Gasteiger partial charge is 0.398 e. The van der Waals surface area contributed by atoms with E-state index in [-0.39, 0.29) is 10.6 Å². The maximum absolute atomic E-state index is 11.3. The van der Waals surface area contributed by atoms with Gasteiger partial charge >= 0.3 is 0 Å². The lowest BCUT2D eigenvalue weighted by molar-refractivity contribution is 0.598. The Hall–Kier alpha value is -1.57. The predicted octanol–water partition coefficient (Wildman–Crippen LogP) is 2.15. The van der Waals surface area contributed by atoms with Gasteiger partial charge in [0, 0.05) is 17.1 Å². The number of nitrogens with one attached hydrogen (secondary N) is 1. The monoisotopic (exact) mass is 311 g/mol. The zero-order chi connectivity index (χ0) is 14.8. The molecule has 1 aromatic heterocycles. The Bertz CT molecular complexity index is 708. The second-order valence-electron chi connectivity index (χ2n) is 4.37. The molecule has 0 saturated heterocycles. The number of nitrogen functional groups attached to an aromatic ring is 1. The van der Waals surface area contributed by atoms with Crippen LogP contribution in [0.15, 0.2) is 34.5 Å². The van der Waals surface area contributed by atoms with Gasteiger partial charge in [-0.2, -0.15) is 0 Å². The number of hydrogen-bond donors (Lipinski definition) is 3. The zero-order valence-electron chi connectivity index (χ0n) is 11.1. The van der Waals surface area contributed by atoms with Crippen molar-refractivity contribution in [3.63, 3.8) is 0 Å². The van der Waals surface area contributed by atoms with E-state index in [0.717, 1.165) is 12.1 Å². The first-order valence-corrected chi connectivity index (χ1v) is 8.56. The number of thiophene rings is 1. The first-order valence-electron chi connectivity index (χ1n) is 6.13. The molecule has 0 spiro atoms. The number of anilines is 2. The molecular weight excluding hydrogens is 294 g/mol. The third-order valence-electron chi connectivity index (χ3n) is 2.99. The van der Waals surface area contributed by atoms with Gasteiger partial charge in [0.1, 0.15) is 4.90 Å². The van der Waals surface area contributed by atoms with Crippen molar-refractivity contribution >= 4 is 32.7 Å². The topological polar surface area (TPSA) is 98.2 Å². The molecule has 20 heavy (non-hydrogen) atoms. The van der Waals surface area contributed by atoms with Crippen LogP contribution in [-0.4, -0.2) is 8.42 Å². The smallest absolute Gasteiger partial charge is 0.240 e. The highest BCUT2D eigenvalue weighted by Gasteiger charge is 2.12. The fourth-order valence-corrected chi connectivity index (χ4v) is 3.50. The van der Waals surface area contributed by atoms with Crippen molar-refractivity contribution in [3.8, 4) is 0 Å². The SMILES string of the molecule is CCc1ccsc1CNc1ccc(S(N)(=O)=O)c(N)c1. The van der Waals surface area contributed by atoms with E-state index in [1.165, 1.54) is 16.5 Å². The van der Waals surface area contributed by atoms with E-state index in [0.29, 0.717) is 6.54 Å². The lowest BCUT2D eigenvalue weighted by Crippen LogP contribution is -2.14. The molecule has 0 radical (unpaired) electrons. The lowest BCUT2D eigenvalue weighted by Gasteiger charge is -2.09. The van der Waals surface area contributed by atoms with Crippen LogP contribution in [0.2, 0.25) is 0 Å². The van der Waals surface area contributed by atoms with Crippen molar-refractivity contribution in [1.29, 1.82) is 0 Å². The van der Waals surface area contributed by atoms with Crippen molar-refractivity contribution in [3.05, 3.63) is 40.1 Å². The number of sulfonamides is 1. The molecular formula is C13H17N3O2S2. The van der Waals surface area contributed by atoms with E-state index in [1.54, 1.807) is 23.5 Å². The van der Waals surface area contributed by atoms with Crippen LogP contribution in [0.1, 0.15) is 17.4 Å². The molecule has 2 rings (SSSR count). The minimum Gasteiger partial charge on any atom is -0.398 e. The summed E-state index contributed by atoms with van der Waals surface area (Å²) < 4.78 is 22.5. The average molecular weight is 311 g/mol. The number of benzene rings is 1. The fraction of sp³-hybridized carbons (Fsp3) is 0.231. The molecule has 0 aliphatic carbocycles. The summed E-state index contributed by atoms with van der Waals surface area (Å²) in [5.41, 5.74) is 7.95. The van der Waals surface area contributed by atoms with Gasteiger partial charge < -0.3 is 11.1 Å². The third kappa shape index (κ3) is 3.30. The molecule has 5 N–H and O–H groups in total. The van der Waals surface area contributed by atoms with Gasteiger partial charge in [-0.1, -0.05) is 6.92 Å². The molecule has 0 fully saturated rings. The quantitative estimate of drug-likeness (QED) is 0.737. The van der Waals surface area contributed by atoms with Crippen LogP contribution in [0.3, 0.4) is 0 Å². The van der Waals surface area contributed by atoms with Crippen molar-refractivity contribution in [2.24, 2.45) is 5.14 Å². The van der Waals surface area contributed by atoms with Gasteiger partial charge in [-0.25, -0.2) is 13.6 Å². The molecule has 0 aliphatic heterocycles. The van der Waals surface area contributed by atoms with Crippen molar-refractivity contribution in [2.45, 2.75) is 24.8 Å². The number of hydrogen-bond acceptors (Lipinski definition) is 5. The molecule has 1 aromatic carbocycles. The lowest BCUT2D eigenvalue weighted by atomic mass is 10.2. The summed E-state index contributed by atoms with van der Waals surface area (Å²) in [6.45, 7) is 2.81. The van der Waals surface area contributed by atoms with Gasteiger partial charge in [-0.15, -0.1) is 11.3 Å². The minimum atomic E-state index is -3.77. The first kappa shape index (κ1) is 14.8. The molecule has 0 atom stereocenters. The maximum Gasteiger partial charge on any atom is 0.240 e. The second-order valence-corrected chi connectivity index (χ2v) is 6.90. The summed E-state index contributed by atoms with van der Waals surface area (Å²) in [5, 5.41) is 10.4. The number of primary sulfonamides is 1. The summed E-state index contributed by atoms with van der Waals surface area (Å²) in [6, 6.07) is 6.77. The van der Waals surface area contributed by atoms with Gasteiger partial charge in [-0.3, -0.25) is 0 Å². The molecule has 0 amide bonds. The summed E-state index contributed by atoms with van der Waals surface area (Å²) in [4.78, 5) is 1.22. The van der Waals surface area contributed by atoms with Crippen molar-refractivity contribution in [2.75, 3.05) is 11.1 Å². The van der Waals surface area contributed by atoms with Crippen LogP contribution in [0.25, 0.3) is 0 Å². The first-order chi connectivity index (χ1) is 9.41. The Kier molecular flexibility index (Phi) is 4.32. The van der Waals surface area contributed by atoms with Crippen LogP contribution >= 0.6 is 11.3 Å². The van der Waals surface area contributed by atoms with E-state index in [9.17, 15) is 8.42 Å². The van der Waals surface area contributed by atoms with Gasteiger partial charge in [0.2, 0.25) is 10.0 Å². The van der Waals surface area contributed by atoms with Gasteiger partial charge in [0.05, 0.1) is 5.69 Å². The Balaban J connectivity index is 2.14. The minimum absolute atomic E-state index is 0.0478. The van der Waals surface area contributed by atoms with E-state index < -0.39 is 10.0 Å². The molecule has 0 aliphatic rings. The summed E-state index contributed by atoms with van der Waals surface area (Å²) in [7, 11) is -3.77. The number of nitrogens with two attached hydrogens (primary N) is 2. The summed E-state index contributed by atoms with van der Waals surface area (Å²) in [5.74, 6) is 0. The highest BCUT2D eigenvalue weighted by atomic mass is 32.2. The van der Waals surface area contributed by atoms with E-state index >= 15 is 0 Å². The van der Waals surface area contributed by atoms with Crippen LogP contribution in [0.5, 0.6) is 0 Å². The van der Waals surface area contributed by atoms with Crippen molar-refractivity contribution in [1.82, 2.24) is 0 Å². The Morgan fingerprint density at radius 1 is 1.30 bits per heavy atom. The van der Waals surface area contributed by atoms with Gasteiger partial charge in [0.25, 0.3) is 0 Å². The molecule has 5 nitrogen and oxygen atoms in total. The van der Waals surface area contributed by atoms with E-state index in [4.69, 9.17) is 10.9 Å². The van der Waals surface area contributed by atoms with Crippen molar-refractivity contribution < 1.29 is 8.42 Å². The van der Waals surface area contributed by atoms with Gasteiger partial charge in [0.15, 0.2) is 0 Å². The molecule has 0 unspecified atom stereocenters. The third-order valence-corrected chi connectivity index (χ3v) is 4.94. The Morgan fingerprint density at radius 2 is 2.05 bits per heavy atom. The van der Waals surface area contributed by atoms with Crippen LogP contribution in [0.4, 0.5) is 11.4 Å². The van der Waals surface area contributed by atoms with Gasteiger partial charge in [-0.05, 0) is 41.6 Å². The molecule has 0 saturated carbocycles. The number of rotatable bonds is 5. The maximum atomic E-state index is 11.3.